The molecule has 0 aliphatic rings. The summed E-state index contributed by atoms with van der Waals surface area (Å²) in [6.45, 7) is 0.501. The number of nitrogens with one attached hydrogen (secondary N) is 2. The Morgan fingerprint density at radius 2 is 2.06 bits per heavy atom. The molecule has 0 aliphatic carbocycles. The van der Waals surface area contributed by atoms with Crippen LogP contribution in [0.3, 0.4) is 0 Å². The number of pyridine rings is 1. The van der Waals surface area contributed by atoms with Gasteiger partial charge in [0.25, 0.3) is 5.91 Å². The molecule has 1 rings (SSSR count). The second-order valence-electron chi connectivity index (χ2n) is 3.09. The number of hydrogen-bond donors (Lipinski definition) is 3. The van der Waals surface area contributed by atoms with Crippen molar-refractivity contribution in [1.29, 1.82) is 5.26 Å². The van der Waals surface area contributed by atoms with Crippen LogP contribution in [0.1, 0.15) is 16.1 Å². The third-order valence-electron chi connectivity index (χ3n) is 1.84. The first-order valence-corrected chi connectivity index (χ1v) is 4.81. The maximum Gasteiger partial charge on any atom is 0.312 e. The minimum absolute atomic E-state index is 0.211. The molecular formula is C10H11N5O2. The minimum atomic E-state index is -0.643. The van der Waals surface area contributed by atoms with Gasteiger partial charge in [0.05, 0.1) is 5.56 Å². The Kier molecular flexibility index (Phi) is 4.45. The highest BCUT2D eigenvalue weighted by Gasteiger charge is 2.05. The van der Waals surface area contributed by atoms with E-state index >= 15 is 0 Å². The van der Waals surface area contributed by atoms with E-state index in [9.17, 15) is 9.59 Å². The van der Waals surface area contributed by atoms with Gasteiger partial charge in [-0.25, -0.2) is 9.78 Å². The highest BCUT2D eigenvalue weighted by Crippen LogP contribution is 1.98. The summed E-state index contributed by atoms with van der Waals surface area (Å²) >= 11 is 0. The molecule has 0 aromatic carbocycles. The summed E-state index contributed by atoms with van der Waals surface area (Å²) in [4.78, 5) is 25.6. The van der Waals surface area contributed by atoms with Crippen LogP contribution >= 0.6 is 0 Å². The molecule has 17 heavy (non-hydrogen) atoms. The Morgan fingerprint density at radius 3 is 2.59 bits per heavy atom. The minimum Gasteiger partial charge on any atom is -0.352 e. The largest absolute Gasteiger partial charge is 0.352 e. The van der Waals surface area contributed by atoms with Crippen molar-refractivity contribution in [2.75, 3.05) is 13.1 Å². The molecule has 1 aromatic rings. The van der Waals surface area contributed by atoms with E-state index in [0.717, 1.165) is 0 Å². The van der Waals surface area contributed by atoms with E-state index in [-0.39, 0.29) is 24.7 Å². The molecule has 0 saturated carbocycles. The van der Waals surface area contributed by atoms with Crippen LogP contribution in [0.25, 0.3) is 0 Å². The molecule has 0 spiro atoms. The Hall–Kier alpha value is -2.62. The van der Waals surface area contributed by atoms with Gasteiger partial charge < -0.3 is 16.4 Å². The molecule has 0 aliphatic heterocycles. The van der Waals surface area contributed by atoms with Crippen LogP contribution in [0.4, 0.5) is 4.79 Å². The fourth-order valence-corrected chi connectivity index (χ4v) is 1.05. The summed E-state index contributed by atoms with van der Waals surface area (Å²) < 4.78 is 0. The monoisotopic (exact) mass is 233 g/mol. The third-order valence-corrected chi connectivity index (χ3v) is 1.84. The SMILES string of the molecule is N#Cc1ccc(C(=O)NCCNC(N)=O)nc1. The number of aromatic nitrogens is 1. The number of nitriles is 1. The van der Waals surface area contributed by atoms with Crippen LogP contribution < -0.4 is 16.4 Å². The van der Waals surface area contributed by atoms with Gasteiger partial charge in [0.2, 0.25) is 0 Å². The van der Waals surface area contributed by atoms with Gasteiger partial charge in [0, 0.05) is 19.3 Å². The molecule has 88 valence electrons. The number of amides is 3. The lowest BCUT2D eigenvalue weighted by atomic mass is 10.2. The van der Waals surface area contributed by atoms with Crippen molar-refractivity contribution in [3.63, 3.8) is 0 Å². The summed E-state index contributed by atoms with van der Waals surface area (Å²) in [5.74, 6) is -0.374. The standard InChI is InChI=1S/C10H11N5O2/c11-5-7-1-2-8(15-6-7)9(16)13-3-4-14-10(12)17/h1-2,6H,3-4H2,(H,13,16)(H3,12,14,17). The number of nitrogens with two attached hydrogens (primary N) is 1. The van der Waals surface area contributed by atoms with Gasteiger partial charge in [-0.1, -0.05) is 0 Å². The number of hydrogen-bond acceptors (Lipinski definition) is 4. The van der Waals surface area contributed by atoms with Crippen molar-refractivity contribution in [3.05, 3.63) is 29.6 Å². The van der Waals surface area contributed by atoms with Crippen molar-refractivity contribution in [2.45, 2.75) is 0 Å². The predicted octanol–water partition coefficient (Wildman–Crippen LogP) is -0.649. The van der Waals surface area contributed by atoms with Gasteiger partial charge in [-0.15, -0.1) is 0 Å². The lowest BCUT2D eigenvalue weighted by Gasteiger charge is -2.04. The third kappa shape index (κ3) is 4.17. The Labute approximate surface area is 97.6 Å². The zero-order valence-corrected chi connectivity index (χ0v) is 8.93. The topological polar surface area (TPSA) is 121 Å². The van der Waals surface area contributed by atoms with Crippen molar-refractivity contribution in [3.8, 4) is 6.07 Å². The predicted molar refractivity (Wildman–Crippen MR) is 58.9 cm³/mol. The molecule has 3 amide bonds. The second-order valence-corrected chi connectivity index (χ2v) is 3.09. The number of nitrogens with zero attached hydrogens (tertiary/aromatic N) is 2. The Morgan fingerprint density at radius 1 is 1.35 bits per heavy atom. The maximum absolute atomic E-state index is 11.5. The molecule has 7 heteroatoms. The summed E-state index contributed by atoms with van der Waals surface area (Å²) in [6, 6.07) is 4.22. The normalized spacial score (nSPS) is 9.12. The molecule has 0 unspecified atom stereocenters. The number of urea groups is 1. The van der Waals surface area contributed by atoms with Crippen LogP contribution in [0.2, 0.25) is 0 Å². The molecule has 0 bridgehead atoms. The number of carbonyl (C=O) groups is 2. The van der Waals surface area contributed by atoms with Crippen LogP contribution in [0.15, 0.2) is 18.3 Å². The van der Waals surface area contributed by atoms with Crippen molar-refractivity contribution >= 4 is 11.9 Å². The zero-order valence-electron chi connectivity index (χ0n) is 8.93. The smallest absolute Gasteiger partial charge is 0.312 e. The van der Waals surface area contributed by atoms with Crippen LogP contribution in [-0.2, 0) is 0 Å². The number of carbonyl (C=O) groups excluding carboxylic acids is 2. The van der Waals surface area contributed by atoms with E-state index in [1.165, 1.54) is 18.3 Å². The maximum atomic E-state index is 11.5. The van der Waals surface area contributed by atoms with Crippen molar-refractivity contribution in [2.24, 2.45) is 5.73 Å². The fraction of sp³-hybridized carbons (Fsp3) is 0.200. The van der Waals surface area contributed by atoms with E-state index in [0.29, 0.717) is 5.56 Å². The van der Waals surface area contributed by atoms with Gasteiger partial charge >= 0.3 is 6.03 Å². The quantitative estimate of drug-likeness (QED) is 0.598. The molecule has 0 fully saturated rings. The van der Waals surface area contributed by atoms with E-state index in [1.54, 1.807) is 0 Å². The molecule has 1 aromatic heterocycles. The van der Waals surface area contributed by atoms with Crippen LogP contribution in [0, 0.1) is 11.3 Å². The van der Waals surface area contributed by atoms with E-state index in [1.807, 2.05) is 6.07 Å². The molecule has 1 heterocycles. The summed E-state index contributed by atoms with van der Waals surface area (Å²) in [5, 5.41) is 13.4. The first kappa shape index (κ1) is 12.4. The lowest BCUT2D eigenvalue weighted by molar-refractivity contribution is 0.0949. The van der Waals surface area contributed by atoms with E-state index < -0.39 is 6.03 Å². The Bertz CT molecular complexity index is 449. The Balaban J connectivity index is 2.42. The molecule has 7 nitrogen and oxygen atoms in total. The molecule has 0 atom stereocenters. The van der Waals surface area contributed by atoms with E-state index in [2.05, 4.69) is 15.6 Å². The van der Waals surface area contributed by atoms with Crippen LogP contribution in [-0.4, -0.2) is 30.0 Å². The average Bonchev–Trinajstić information content (AvgIpc) is 2.34. The molecular weight excluding hydrogens is 222 g/mol. The zero-order chi connectivity index (χ0) is 12.7. The number of rotatable bonds is 4. The van der Waals surface area contributed by atoms with Gasteiger partial charge in [-0.05, 0) is 12.1 Å². The average molecular weight is 233 g/mol. The van der Waals surface area contributed by atoms with Gasteiger partial charge in [0.15, 0.2) is 0 Å². The summed E-state index contributed by atoms with van der Waals surface area (Å²) in [7, 11) is 0. The highest BCUT2D eigenvalue weighted by atomic mass is 16.2. The second kappa shape index (κ2) is 6.07. The first-order chi connectivity index (χ1) is 8.13. The molecule has 0 saturated heterocycles. The van der Waals surface area contributed by atoms with Gasteiger partial charge in [-0.3, -0.25) is 4.79 Å². The van der Waals surface area contributed by atoms with Crippen LogP contribution in [0.5, 0.6) is 0 Å². The molecule has 0 radical (unpaired) electrons. The number of primary amides is 1. The van der Waals surface area contributed by atoms with Gasteiger partial charge in [-0.2, -0.15) is 5.26 Å². The highest BCUT2D eigenvalue weighted by molar-refractivity contribution is 5.92. The summed E-state index contributed by atoms with van der Waals surface area (Å²) in [6.07, 6.45) is 1.32. The van der Waals surface area contributed by atoms with E-state index in [4.69, 9.17) is 11.0 Å². The van der Waals surface area contributed by atoms with Crippen molar-refractivity contribution in [1.82, 2.24) is 15.6 Å². The van der Waals surface area contributed by atoms with Crippen molar-refractivity contribution < 1.29 is 9.59 Å². The summed E-state index contributed by atoms with van der Waals surface area (Å²) in [5.41, 5.74) is 5.44. The fourth-order valence-electron chi connectivity index (χ4n) is 1.05. The first-order valence-electron chi connectivity index (χ1n) is 4.81. The molecule has 4 N–H and O–H groups in total. The lowest BCUT2D eigenvalue weighted by Crippen LogP contribution is -2.37. The van der Waals surface area contributed by atoms with Gasteiger partial charge in [0.1, 0.15) is 11.8 Å².